The van der Waals surface area contributed by atoms with E-state index in [2.05, 4.69) is 27.0 Å². The van der Waals surface area contributed by atoms with E-state index in [9.17, 15) is 13.7 Å². The molecule has 0 saturated carbocycles. The SMILES string of the molecule is CS(=O)(=O)c1ccc(Oc2ccc3cc(Br)cc(C#N)c3n2)cc1. The Bertz CT molecular complexity index is 1070. The molecule has 24 heavy (non-hydrogen) atoms. The van der Waals surface area contributed by atoms with Gasteiger partial charge in [-0.1, -0.05) is 15.9 Å². The van der Waals surface area contributed by atoms with Crippen LogP contribution in [0.15, 0.2) is 57.9 Å². The maximum Gasteiger partial charge on any atom is 0.219 e. The van der Waals surface area contributed by atoms with E-state index in [0.29, 0.717) is 22.7 Å². The van der Waals surface area contributed by atoms with E-state index in [1.54, 1.807) is 24.3 Å². The van der Waals surface area contributed by atoms with Crippen molar-refractivity contribution in [3.63, 3.8) is 0 Å². The minimum absolute atomic E-state index is 0.220. The number of benzene rings is 2. The Morgan fingerprint density at radius 1 is 1.12 bits per heavy atom. The highest BCUT2D eigenvalue weighted by molar-refractivity contribution is 9.10. The lowest BCUT2D eigenvalue weighted by Crippen LogP contribution is -1.96. The van der Waals surface area contributed by atoms with Gasteiger partial charge < -0.3 is 4.74 Å². The van der Waals surface area contributed by atoms with Crippen LogP contribution in [0.25, 0.3) is 10.9 Å². The smallest absolute Gasteiger partial charge is 0.219 e. The number of aromatic nitrogens is 1. The molecule has 0 saturated heterocycles. The molecule has 0 atom stereocenters. The number of halogens is 1. The number of hydrogen-bond donors (Lipinski definition) is 0. The molecular weight excluding hydrogens is 392 g/mol. The molecule has 0 amide bonds. The van der Waals surface area contributed by atoms with E-state index < -0.39 is 9.84 Å². The summed E-state index contributed by atoms with van der Waals surface area (Å²) < 4.78 is 29.4. The predicted molar refractivity (Wildman–Crippen MR) is 93.8 cm³/mol. The van der Waals surface area contributed by atoms with Crippen LogP contribution >= 0.6 is 15.9 Å². The summed E-state index contributed by atoms with van der Waals surface area (Å²) in [4.78, 5) is 4.59. The van der Waals surface area contributed by atoms with Crippen molar-refractivity contribution in [3.05, 3.63) is 58.6 Å². The van der Waals surface area contributed by atoms with Crippen molar-refractivity contribution in [3.8, 4) is 17.7 Å². The molecule has 5 nitrogen and oxygen atoms in total. The van der Waals surface area contributed by atoms with Crippen molar-refractivity contribution in [1.29, 1.82) is 5.26 Å². The van der Waals surface area contributed by atoms with E-state index in [1.165, 1.54) is 12.1 Å². The van der Waals surface area contributed by atoms with Crippen LogP contribution in [-0.2, 0) is 9.84 Å². The summed E-state index contributed by atoms with van der Waals surface area (Å²) in [6.45, 7) is 0. The largest absolute Gasteiger partial charge is 0.439 e. The van der Waals surface area contributed by atoms with Gasteiger partial charge in [-0.15, -0.1) is 0 Å². The molecule has 0 N–H and O–H groups in total. The van der Waals surface area contributed by atoms with Crippen molar-refractivity contribution >= 4 is 36.7 Å². The Balaban J connectivity index is 1.96. The molecule has 0 spiro atoms. The van der Waals surface area contributed by atoms with Gasteiger partial charge in [0.1, 0.15) is 11.8 Å². The maximum absolute atomic E-state index is 11.5. The van der Waals surface area contributed by atoms with Gasteiger partial charge in [-0.3, -0.25) is 0 Å². The first-order valence-electron chi connectivity index (χ1n) is 6.85. The molecule has 7 heteroatoms. The molecule has 0 aliphatic carbocycles. The van der Waals surface area contributed by atoms with Crippen LogP contribution in [0.5, 0.6) is 11.6 Å². The summed E-state index contributed by atoms with van der Waals surface area (Å²) in [5.41, 5.74) is 0.989. The number of sulfone groups is 1. The van der Waals surface area contributed by atoms with Gasteiger partial charge in [-0.2, -0.15) is 5.26 Å². The molecule has 0 bridgehead atoms. The van der Waals surface area contributed by atoms with Gasteiger partial charge in [-0.05, 0) is 42.5 Å². The van der Waals surface area contributed by atoms with Crippen molar-refractivity contribution in [2.24, 2.45) is 0 Å². The molecule has 3 aromatic rings. The third kappa shape index (κ3) is 3.40. The highest BCUT2D eigenvalue weighted by atomic mass is 79.9. The maximum atomic E-state index is 11.5. The molecule has 2 aromatic carbocycles. The fourth-order valence-electron chi connectivity index (χ4n) is 2.20. The number of pyridine rings is 1. The fraction of sp³-hybridized carbons (Fsp3) is 0.0588. The number of nitriles is 1. The fourth-order valence-corrected chi connectivity index (χ4v) is 3.30. The molecule has 1 aromatic heterocycles. The van der Waals surface area contributed by atoms with Gasteiger partial charge in [-0.25, -0.2) is 13.4 Å². The van der Waals surface area contributed by atoms with E-state index in [0.717, 1.165) is 16.1 Å². The number of hydrogen-bond acceptors (Lipinski definition) is 5. The summed E-state index contributed by atoms with van der Waals surface area (Å²) in [6, 6.07) is 15.3. The molecule has 0 unspecified atom stereocenters. The lowest BCUT2D eigenvalue weighted by molar-refractivity contribution is 0.464. The van der Waals surface area contributed by atoms with Crippen LogP contribution < -0.4 is 4.74 Å². The predicted octanol–water partition coefficient (Wildman–Crippen LogP) is 4.06. The zero-order valence-electron chi connectivity index (χ0n) is 12.5. The van der Waals surface area contributed by atoms with Crippen molar-refractivity contribution in [2.75, 3.05) is 6.26 Å². The lowest BCUT2D eigenvalue weighted by Gasteiger charge is -2.07. The first-order valence-corrected chi connectivity index (χ1v) is 9.53. The third-order valence-corrected chi connectivity index (χ3v) is 4.91. The van der Waals surface area contributed by atoms with Gasteiger partial charge in [0.2, 0.25) is 5.88 Å². The van der Waals surface area contributed by atoms with E-state index >= 15 is 0 Å². The molecule has 0 aliphatic heterocycles. The summed E-state index contributed by atoms with van der Waals surface area (Å²) in [5.74, 6) is 0.790. The van der Waals surface area contributed by atoms with Gasteiger partial charge in [0.25, 0.3) is 0 Å². The third-order valence-electron chi connectivity index (χ3n) is 3.33. The summed E-state index contributed by atoms with van der Waals surface area (Å²) in [7, 11) is -3.25. The highest BCUT2D eigenvalue weighted by Gasteiger charge is 2.09. The number of ether oxygens (including phenoxy) is 1. The van der Waals surface area contributed by atoms with Crippen molar-refractivity contribution in [1.82, 2.24) is 4.98 Å². The van der Waals surface area contributed by atoms with Gasteiger partial charge >= 0.3 is 0 Å². The lowest BCUT2D eigenvalue weighted by atomic mass is 10.1. The topological polar surface area (TPSA) is 80.0 Å². The van der Waals surface area contributed by atoms with Gasteiger partial charge in [0.05, 0.1) is 16.0 Å². The van der Waals surface area contributed by atoms with Crippen molar-refractivity contribution in [2.45, 2.75) is 4.90 Å². The Hall–Kier alpha value is -2.43. The molecular formula is C17H11BrN2O3S. The second-order valence-electron chi connectivity index (χ2n) is 5.13. The second kappa shape index (κ2) is 6.23. The zero-order chi connectivity index (χ0) is 17.3. The number of rotatable bonds is 3. The zero-order valence-corrected chi connectivity index (χ0v) is 14.9. The molecule has 1 heterocycles. The van der Waals surface area contributed by atoms with Crippen LogP contribution in [0.2, 0.25) is 0 Å². The van der Waals surface area contributed by atoms with Crippen LogP contribution in [0, 0.1) is 11.3 Å². The first-order chi connectivity index (χ1) is 11.4. The van der Waals surface area contributed by atoms with Crippen LogP contribution in [0.3, 0.4) is 0 Å². The van der Waals surface area contributed by atoms with Crippen molar-refractivity contribution < 1.29 is 13.2 Å². The van der Waals surface area contributed by atoms with E-state index in [1.807, 2.05) is 12.1 Å². The van der Waals surface area contributed by atoms with E-state index in [4.69, 9.17) is 4.74 Å². The second-order valence-corrected chi connectivity index (χ2v) is 8.06. The van der Waals surface area contributed by atoms with Gasteiger partial charge in [0, 0.05) is 22.2 Å². The number of nitrogens with zero attached hydrogens (tertiary/aromatic N) is 2. The van der Waals surface area contributed by atoms with Crippen LogP contribution in [0.1, 0.15) is 5.56 Å². The monoisotopic (exact) mass is 402 g/mol. The average Bonchev–Trinajstić information content (AvgIpc) is 2.54. The average molecular weight is 403 g/mol. The molecule has 3 rings (SSSR count). The van der Waals surface area contributed by atoms with E-state index in [-0.39, 0.29) is 4.90 Å². The summed E-state index contributed by atoms with van der Waals surface area (Å²) in [5, 5.41) is 10.1. The first kappa shape index (κ1) is 16.4. The minimum Gasteiger partial charge on any atom is -0.439 e. The minimum atomic E-state index is -3.25. The molecule has 120 valence electrons. The summed E-state index contributed by atoms with van der Waals surface area (Å²) in [6.07, 6.45) is 1.15. The normalized spacial score (nSPS) is 11.2. The summed E-state index contributed by atoms with van der Waals surface area (Å²) >= 11 is 3.36. The molecule has 0 fully saturated rings. The molecule has 0 radical (unpaired) electrons. The highest BCUT2D eigenvalue weighted by Crippen LogP contribution is 2.27. The molecule has 0 aliphatic rings. The Morgan fingerprint density at radius 3 is 2.46 bits per heavy atom. The van der Waals surface area contributed by atoms with Gasteiger partial charge in [0.15, 0.2) is 9.84 Å². The number of fused-ring (bicyclic) bond motifs is 1. The quantitative estimate of drug-likeness (QED) is 0.659. The standard InChI is InChI=1S/C17H11BrN2O3S/c1-24(21,22)15-5-3-14(4-6-15)23-16-7-2-11-8-13(18)9-12(10-19)17(11)20-16/h2-9H,1H3. The van der Waals surface area contributed by atoms with Crippen LogP contribution in [-0.4, -0.2) is 19.7 Å². The Kier molecular flexibility index (Phi) is 4.26. The Morgan fingerprint density at radius 2 is 1.83 bits per heavy atom. The van der Waals surface area contributed by atoms with Crippen LogP contribution in [0.4, 0.5) is 0 Å². The Labute approximate surface area is 147 Å².